The van der Waals surface area contributed by atoms with Gasteiger partial charge >= 0.3 is 0 Å². The maximum absolute atomic E-state index is 12.3. The van der Waals surface area contributed by atoms with Gasteiger partial charge in [0.25, 0.3) is 11.8 Å². The summed E-state index contributed by atoms with van der Waals surface area (Å²) in [4.78, 5) is 30.6. The maximum Gasteiger partial charge on any atom is 0.257 e. The Morgan fingerprint density at radius 1 is 1.04 bits per heavy atom. The predicted molar refractivity (Wildman–Crippen MR) is 95.6 cm³/mol. The standard InChI is InChI=1S/C18H19N3O2S/c1-24-16-9-6-14(12-19-16)17(22)20-15-7-4-13(5-8-15)18(23)21-10-2-3-11-21/h4-9,12H,2-3,10-11H2,1H3,(H,20,22). The van der Waals surface area contributed by atoms with Crippen LogP contribution in [0.25, 0.3) is 0 Å². The van der Waals surface area contributed by atoms with E-state index in [1.165, 1.54) is 11.8 Å². The van der Waals surface area contributed by atoms with Crippen molar-refractivity contribution in [3.05, 3.63) is 53.7 Å². The van der Waals surface area contributed by atoms with Gasteiger partial charge in [0, 0.05) is 30.5 Å². The number of rotatable bonds is 4. The predicted octanol–water partition coefficient (Wildman–Crippen LogP) is 3.29. The van der Waals surface area contributed by atoms with Gasteiger partial charge in [0.05, 0.1) is 10.6 Å². The normalized spacial score (nSPS) is 13.8. The van der Waals surface area contributed by atoms with E-state index in [-0.39, 0.29) is 11.8 Å². The fraction of sp³-hybridized carbons (Fsp3) is 0.278. The molecule has 0 unspecified atom stereocenters. The molecule has 1 saturated heterocycles. The molecule has 1 aliphatic rings. The summed E-state index contributed by atoms with van der Waals surface area (Å²) >= 11 is 1.53. The minimum atomic E-state index is -0.214. The molecular weight excluding hydrogens is 322 g/mol. The summed E-state index contributed by atoms with van der Waals surface area (Å²) in [7, 11) is 0. The smallest absolute Gasteiger partial charge is 0.257 e. The molecular formula is C18H19N3O2S. The molecule has 0 atom stereocenters. The molecule has 0 aliphatic carbocycles. The fourth-order valence-corrected chi connectivity index (χ4v) is 3.00. The molecule has 124 valence electrons. The molecule has 0 bridgehead atoms. The lowest BCUT2D eigenvalue weighted by atomic mass is 10.1. The van der Waals surface area contributed by atoms with Crippen molar-refractivity contribution < 1.29 is 9.59 Å². The summed E-state index contributed by atoms with van der Waals surface area (Å²) in [5.74, 6) is -0.156. The third-order valence-electron chi connectivity index (χ3n) is 3.99. The Balaban J connectivity index is 1.64. The summed E-state index contributed by atoms with van der Waals surface area (Å²) in [6.07, 6.45) is 5.64. The number of aromatic nitrogens is 1. The van der Waals surface area contributed by atoms with Gasteiger partial charge in [0.15, 0.2) is 0 Å². The van der Waals surface area contributed by atoms with Gasteiger partial charge in [-0.2, -0.15) is 0 Å². The minimum absolute atomic E-state index is 0.0576. The van der Waals surface area contributed by atoms with Crippen molar-refractivity contribution >= 4 is 29.3 Å². The van der Waals surface area contributed by atoms with E-state index in [4.69, 9.17) is 0 Å². The van der Waals surface area contributed by atoms with Crippen molar-refractivity contribution in [1.29, 1.82) is 0 Å². The van der Waals surface area contributed by atoms with Crippen LogP contribution in [0.3, 0.4) is 0 Å². The van der Waals surface area contributed by atoms with E-state index >= 15 is 0 Å². The topological polar surface area (TPSA) is 62.3 Å². The Morgan fingerprint density at radius 2 is 1.71 bits per heavy atom. The molecule has 2 heterocycles. The molecule has 2 aromatic rings. The van der Waals surface area contributed by atoms with E-state index in [1.54, 1.807) is 36.5 Å². The third kappa shape index (κ3) is 3.76. The van der Waals surface area contributed by atoms with Crippen LogP contribution < -0.4 is 5.32 Å². The SMILES string of the molecule is CSc1ccc(C(=O)Nc2ccc(C(=O)N3CCCC3)cc2)cn1. The van der Waals surface area contributed by atoms with Crippen LogP contribution >= 0.6 is 11.8 Å². The number of amides is 2. The average molecular weight is 341 g/mol. The van der Waals surface area contributed by atoms with Crippen LogP contribution in [0.2, 0.25) is 0 Å². The zero-order valence-corrected chi connectivity index (χ0v) is 14.3. The van der Waals surface area contributed by atoms with E-state index in [2.05, 4.69) is 10.3 Å². The van der Waals surface area contributed by atoms with Gasteiger partial charge in [0.1, 0.15) is 0 Å². The molecule has 2 amide bonds. The first-order chi connectivity index (χ1) is 11.7. The lowest BCUT2D eigenvalue weighted by Crippen LogP contribution is -2.27. The van der Waals surface area contributed by atoms with Gasteiger partial charge in [-0.1, -0.05) is 0 Å². The van der Waals surface area contributed by atoms with Crippen LogP contribution in [0, 0.1) is 0 Å². The van der Waals surface area contributed by atoms with E-state index in [0.717, 1.165) is 31.0 Å². The van der Waals surface area contributed by atoms with Crippen molar-refractivity contribution in [3.8, 4) is 0 Å². The summed E-state index contributed by atoms with van der Waals surface area (Å²) in [6.45, 7) is 1.66. The van der Waals surface area contributed by atoms with Crippen LogP contribution in [0.5, 0.6) is 0 Å². The highest BCUT2D eigenvalue weighted by Gasteiger charge is 2.19. The third-order valence-corrected chi connectivity index (χ3v) is 4.65. The number of benzene rings is 1. The number of nitrogens with zero attached hydrogens (tertiary/aromatic N) is 2. The van der Waals surface area contributed by atoms with Crippen molar-refractivity contribution in [3.63, 3.8) is 0 Å². The molecule has 1 N–H and O–H groups in total. The van der Waals surface area contributed by atoms with Crippen LogP contribution in [0.15, 0.2) is 47.6 Å². The second-order valence-corrected chi connectivity index (χ2v) is 6.45. The highest BCUT2D eigenvalue weighted by atomic mass is 32.2. The highest BCUT2D eigenvalue weighted by molar-refractivity contribution is 7.98. The minimum Gasteiger partial charge on any atom is -0.339 e. The quantitative estimate of drug-likeness (QED) is 0.867. The van der Waals surface area contributed by atoms with E-state index in [1.807, 2.05) is 17.2 Å². The molecule has 1 fully saturated rings. The van der Waals surface area contributed by atoms with Crippen LogP contribution in [-0.2, 0) is 0 Å². The second-order valence-electron chi connectivity index (χ2n) is 5.62. The molecule has 0 saturated carbocycles. The Kier molecular flexibility index (Phi) is 5.15. The van der Waals surface area contributed by atoms with E-state index < -0.39 is 0 Å². The number of carbonyl (C=O) groups excluding carboxylic acids is 2. The summed E-state index contributed by atoms with van der Waals surface area (Å²) < 4.78 is 0. The first-order valence-corrected chi connectivity index (χ1v) is 9.10. The van der Waals surface area contributed by atoms with Crippen LogP contribution in [-0.4, -0.2) is 41.0 Å². The number of pyridine rings is 1. The van der Waals surface area contributed by atoms with Crippen LogP contribution in [0.4, 0.5) is 5.69 Å². The lowest BCUT2D eigenvalue weighted by Gasteiger charge is -2.15. The summed E-state index contributed by atoms with van der Waals surface area (Å²) in [6, 6.07) is 10.6. The van der Waals surface area contributed by atoms with Crippen molar-refractivity contribution in [2.75, 3.05) is 24.7 Å². The molecule has 5 nitrogen and oxygen atoms in total. The highest BCUT2D eigenvalue weighted by Crippen LogP contribution is 2.16. The first kappa shape index (κ1) is 16.5. The molecule has 24 heavy (non-hydrogen) atoms. The molecule has 6 heteroatoms. The van der Waals surface area contributed by atoms with Gasteiger partial charge in [-0.25, -0.2) is 4.98 Å². The van der Waals surface area contributed by atoms with Gasteiger partial charge in [-0.3, -0.25) is 9.59 Å². The molecule has 1 aliphatic heterocycles. The Bertz CT molecular complexity index is 723. The first-order valence-electron chi connectivity index (χ1n) is 7.88. The lowest BCUT2D eigenvalue weighted by molar-refractivity contribution is 0.0792. The Labute approximate surface area is 145 Å². The van der Waals surface area contributed by atoms with Crippen LogP contribution in [0.1, 0.15) is 33.6 Å². The molecule has 0 spiro atoms. The largest absolute Gasteiger partial charge is 0.339 e. The summed E-state index contributed by atoms with van der Waals surface area (Å²) in [5, 5.41) is 3.69. The van der Waals surface area contributed by atoms with E-state index in [0.29, 0.717) is 16.8 Å². The molecule has 3 rings (SSSR count). The number of anilines is 1. The van der Waals surface area contributed by atoms with Crippen molar-refractivity contribution in [2.45, 2.75) is 17.9 Å². The van der Waals surface area contributed by atoms with Crippen molar-refractivity contribution in [2.24, 2.45) is 0 Å². The second kappa shape index (κ2) is 7.49. The average Bonchev–Trinajstić information content (AvgIpc) is 3.16. The zero-order chi connectivity index (χ0) is 16.9. The Hall–Kier alpha value is -2.34. The number of nitrogens with one attached hydrogen (secondary N) is 1. The van der Waals surface area contributed by atoms with Gasteiger partial charge in [-0.05, 0) is 55.5 Å². The van der Waals surface area contributed by atoms with Gasteiger partial charge < -0.3 is 10.2 Å². The zero-order valence-electron chi connectivity index (χ0n) is 13.5. The number of thioether (sulfide) groups is 1. The fourth-order valence-electron chi connectivity index (χ4n) is 2.64. The van der Waals surface area contributed by atoms with Gasteiger partial charge in [0.2, 0.25) is 0 Å². The van der Waals surface area contributed by atoms with E-state index in [9.17, 15) is 9.59 Å². The number of carbonyl (C=O) groups is 2. The van der Waals surface area contributed by atoms with Gasteiger partial charge in [-0.15, -0.1) is 11.8 Å². The monoisotopic (exact) mass is 341 g/mol. The van der Waals surface area contributed by atoms with Crippen molar-refractivity contribution in [1.82, 2.24) is 9.88 Å². The number of hydrogen-bond acceptors (Lipinski definition) is 4. The molecule has 1 aromatic carbocycles. The Morgan fingerprint density at radius 3 is 2.29 bits per heavy atom. The number of likely N-dealkylation sites (tertiary alicyclic amines) is 1. The maximum atomic E-state index is 12.3. The molecule has 0 radical (unpaired) electrons. The summed E-state index contributed by atoms with van der Waals surface area (Å²) in [5.41, 5.74) is 1.82. The number of hydrogen-bond donors (Lipinski definition) is 1. The molecule has 1 aromatic heterocycles.